The Hall–Kier alpha value is -1.67. The van der Waals surface area contributed by atoms with E-state index in [2.05, 4.69) is 5.32 Å². The molecule has 1 amide bonds. The summed E-state index contributed by atoms with van der Waals surface area (Å²) >= 11 is 0. The zero-order valence-electron chi connectivity index (χ0n) is 11.8. The van der Waals surface area contributed by atoms with E-state index in [1.54, 1.807) is 0 Å². The Balaban J connectivity index is 2.19. The first-order valence-electron chi connectivity index (χ1n) is 6.44. The lowest BCUT2D eigenvalue weighted by molar-refractivity contribution is -0.121. The predicted octanol–water partition coefficient (Wildman–Crippen LogP) is 0.733. The Morgan fingerprint density at radius 3 is 2.71 bits per heavy atom. The maximum absolute atomic E-state index is 13.3. The van der Waals surface area contributed by atoms with Gasteiger partial charge in [-0.3, -0.25) is 4.79 Å². The Labute approximate surface area is 122 Å². The van der Waals surface area contributed by atoms with Gasteiger partial charge in [0.1, 0.15) is 16.5 Å². The second-order valence-electron chi connectivity index (χ2n) is 4.90. The fraction of sp³-hybridized carbons (Fsp3) is 0.462. The van der Waals surface area contributed by atoms with E-state index in [4.69, 9.17) is 4.74 Å². The second-order valence-corrected chi connectivity index (χ2v) is 6.91. The molecular formula is C13H17FN2O4S. The van der Waals surface area contributed by atoms with E-state index in [1.165, 1.54) is 20.2 Å². The molecule has 0 aliphatic heterocycles. The molecule has 116 valence electrons. The number of halogens is 1. The van der Waals surface area contributed by atoms with E-state index in [-0.39, 0.29) is 29.1 Å². The number of nitrogens with one attached hydrogen (secondary N) is 1. The van der Waals surface area contributed by atoms with Crippen molar-refractivity contribution in [3.05, 3.63) is 24.0 Å². The number of nitrogens with zero attached hydrogens (tertiary/aromatic N) is 1. The van der Waals surface area contributed by atoms with Crippen LogP contribution in [0.4, 0.5) is 4.39 Å². The lowest BCUT2D eigenvalue weighted by Crippen LogP contribution is -2.39. The molecule has 6 nitrogen and oxygen atoms in total. The quantitative estimate of drug-likeness (QED) is 0.839. The first-order chi connectivity index (χ1) is 9.84. The third-order valence-electron chi connectivity index (χ3n) is 3.12. The third kappa shape index (κ3) is 3.70. The summed E-state index contributed by atoms with van der Waals surface area (Å²) in [4.78, 5) is 11.4. The molecule has 1 aliphatic carbocycles. The van der Waals surface area contributed by atoms with Crippen LogP contribution in [-0.2, 0) is 14.8 Å². The van der Waals surface area contributed by atoms with E-state index in [0.29, 0.717) is 0 Å². The van der Waals surface area contributed by atoms with E-state index in [1.807, 2.05) is 0 Å². The molecule has 8 heteroatoms. The minimum absolute atomic E-state index is 0.0332. The van der Waals surface area contributed by atoms with Crippen molar-refractivity contribution in [2.24, 2.45) is 0 Å². The molecule has 1 aromatic rings. The normalized spacial score (nSPS) is 15.0. The van der Waals surface area contributed by atoms with Crippen molar-refractivity contribution in [2.75, 3.05) is 20.7 Å². The first-order valence-corrected chi connectivity index (χ1v) is 7.88. The molecule has 0 aromatic heterocycles. The van der Waals surface area contributed by atoms with Crippen LogP contribution < -0.4 is 10.1 Å². The largest absolute Gasteiger partial charge is 0.495 e. The molecule has 1 saturated carbocycles. The van der Waals surface area contributed by atoms with Crippen molar-refractivity contribution < 1.29 is 22.3 Å². The first kappa shape index (κ1) is 15.7. The summed E-state index contributed by atoms with van der Waals surface area (Å²) in [7, 11) is -1.44. The molecule has 1 aromatic carbocycles. The average molecular weight is 316 g/mol. The summed E-state index contributed by atoms with van der Waals surface area (Å²) in [6.07, 6.45) is 1.83. The SMILES string of the molecule is COc1ccc(F)cc1S(=O)(=O)N(C)CC(=O)NC1CC1. The van der Waals surface area contributed by atoms with Gasteiger partial charge in [0.05, 0.1) is 13.7 Å². The van der Waals surface area contributed by atoms with Gasteiger partial charge in [0.15, 0.2) is 0 Å². The average Bonchev–Trinajstić information content (AvgIpc) is 3.22. The minimum atomic E-state index is -4.01. The van der Waals surface area contributed by atoms with Gasteiger partial charge in [-0.1, -0.05) is 0 Å². The van der Waals surface area contributed by atoms with E-state index in [9.17, 15) is 17.6 Å². The van der Waals surface area contributed by atoms with E-state index < -0.39 is 15.8 Å². The molecule has 0 bridgehead atoms. The number of sulfonamides is 1. The Kier molecular flexibility index (Phi) is 4.48. The van der Waals surface area contributed by atoms with Crippen molar-refractivity contribution in [1.82, 2.24) is 9.62 Å². The van der Waals surface area contributed by atoms with Gasteiger partial charge in [-0.25, -0.2) is 12.8 Å². The highest BCUT2D eigenvalue weighted by molar-refractivity contribution is 7.89. The lowest BCUT2D eigenvalue weighted by Gasteiger charge is -2.18. The van der Waals surface area contributed by atoms with Gasteiger partial charge in [0, 0.05) is 13.1 Å². The van der Waals surface area contributed by atoms with Crippen LogP contribution in [0.25, 0.3) is 0 Å². The number of ether oxygens (including phenoxy) is 1. The smallest absolute Gasteiger partial charge is 0.247 e. The maximum Gasteiger partial charge on any atom is 0.247 e. The molecular weight excluding hydrogens is 299 g/mol. The zero-order chi connectivity index (χ0) is 15.6. The van der Waals surface area contributed by atoms with Gasteiger partial charge in [-0.05, 0) is 31.0 Å². The maximum atomic E-state index is 13.3. The molecule has 0 atom stereocenters. The molecule has 1 aliphatic rings. The van der Waals surface area contributed by atoms with Crippen molar-refractivity contribution in [3.63, 3.8) is 0 Å². The molecule has 0 radical (unpaired) electrons. The van der Waals surface area contributed by atoms with E-state index >= 15 is 0 Å². The minimum Gasteiger partial charge on any atom is -0.495 e. The number of hydrogen-bond donors (Lipinski definition) is 1. The number of rotatable bonds is 6. The van der Waals surface area contributed by atoms with E-state index in [0.717, 1.165) is 29.3 Å². The standard InChI is InChI=1S/C13H17FN2O4S/c1-16(8-13(17)15-10-4-5-10)21(18,19)12-7-9(14)3-6-11(12)20-2/h3,6-7,10H,4-5,8H2,1-2H3,(H,15,17). The van der Waals surface area contributed by atoms with Gasteiger partial charge in [0.25, 0.3) is 0 Å². The van der Waals surface area contributed by atoms with Crippen molar-refractivity contribution in [1.29, 1.82) is 0 Å². The van der Waals surface area contributed by atoms with Crippen LogP contribution in [0.2, 0.25) is 0 Å². The van der Waals surface area contributed by atoms with Gasteiger partial charge in [-0.15, -0.1) is 0 Å². The highest BCUT2D eigenvalue weighted by Crippen LogP contribution is 2.27. The van der Waals surface area contributed by atoms with Crippen LogP contribution >= 0.6 is 0 Å². The summed E-state index contributed by atoms with van der Waals surface area (Å²) in [6, 6.07) is 3.37. The van der Waals surface area contributed by atoms with Crippen LogP contribution in [0.1, 0.15) is 12.8 Å². The van der Waals surface area contributed by atoms with Crippen LogP contribution in [0.3, 0.4) is 0 Å². The predicted molar refractivity (Wildman–Crippen MR) is 73.9 cm³/mol. The lowest BCUT2D eigenvalue weighted by atomic mass is 10.3. The number of likely N-dealkylation sites (N-methyl/N-ethyl adjacent to an activating group) is 1. The van der Waals surface area contributed by atoms with Gasteiger partial charge < -0.3 is 10.1 Å². The number of hydrogen-bond acceptors (Lipinski definition) is 4. The number of benzene rings is 1. The molecule has 21 heavy (non-hydrogen) atoms. The molecule has 0 saturated heterocycles. The summed E-state index contributed by atoms with van der Waals surface area (Å²) < 4.78 is 43.9. The highest BCUT2D eigenvalue weighted by Gasteiger charge is 2.29. The summed E-state index contributed by atoms with van der Waals surface area (Å²) in [5.74, 6) is -1.03. The molecule has 0 heterocycles. The monoisotopic (exact) mass is 316 g/mol. The van der Waals surface area contributed by atoms with Crippen molar-refractivity contribution in [3.8, 4) is 5.75 Å². The van der Waals surface area contributed by atoms with Gasteiger partial charge in [-0.2, -0.15) is 4.31 Å². The molecule has 2 rings (SSSR count). The molecule has 1 fully saturated rings. The van der Waals surface area contributed by atoms with Gasteiger partial charge >= 0.3 is 0 Å². The Morgan fingerprint density at radius 2 is 2.14 bits per heavy atom. The highest BCUT2D eigenvalue weighted by atomic mass is 32.2. The summed E-state index contributed by atoms with van der Waals surface area (Å²) in [5.41, 5.74) is 0. The zero-order valence-corrected chi connectivity index (χ0v) is 12.6. The Bertz CT molecular complexity index is 644. The number of carbonyl (C=O) groups excluding carboxylic acids is 1. The summed E-state index contributed by atoms with van der Waals surface area (Å²) in [6.45, 7) is -0.321. The van der Waals surface area contributed by atoms with Crippen LogP contribution in [0.15, 0.2) is 23.1 Å². The van der Waals surface area contributed by atoms with Crippen LogP contribution in [-0.4, -0.2) is 45.4 Å². The number of methoxy groups -OCH3 is 1. The molecule has 0 spiro atoms. The van der Waals surface area contributed by atoms with Crippen molar-refractivity contribution >= 4 is 15.9 Å². The second kappa shape index (κ2) is 5.98. The fourth-order valence-corrected chi connectivity index (χ4v) is 3.10. The summed E-state index contributed by atoms with van der Waals surface area (Å²) in [5, 5.41) is 2.70. The third-order valence-corrected chi connectivity index (χ3v) is 4.95. The van der Waals surface area contributed by atoms with Gasteiger partial charge in [0.2, 0.25) is 15.9 Å². The number of carbonyl (C=O) groups is 1. The Morgan fingerprint density at radius 1 is 1.48 bits per heavy atom. The molecule has 0 unspecified atom stereocenters. The van der Waals surface area contributed by atoms with Crippen LogP contribution in [0.5, 0.6) is 5.75 Å². The fourth-order valence-electron chi connectivity index (χ4n) is 1.81. The number of amides is 1. The van der Waals surface area contributed by atoms with Crippen molar-refractivity contribution in [2.45, 2.75) is 23.8 Å². The van der Waals surface area contributed by atoms with Crippen LogP contribution in [0, 0.1) is 5.82 Å². The molecule has 1 N–H and O–H groups in total. The topological polar surface area (TPSA) is 75.7 Å².